The van der Waals surface area contributed by atoms with E-state index in [9.17, 15) is 8.78 Å². The van der Waals surface area contributed by atoms with E-state index in [1.165, 1.54) is 0 Å². The van der Waals surface area contributed by atoms with Gasteiger partial charge in [0.15, 0.2) is 5.96 Å². The second-order valence-electron chi connectivity index (χ2n) is 5.85. The third kappa shape index (κ3) is 3.42. The molecule has 1 aromatic rings. The van der Waals surface area contributed by atoms with E-state index in [1.807, 2.05) is 4.90 Å². The largest absolute Gasteiger partial charge is 0.370 e. The van der Waals surface area contributed by atoms with Crippen molar-refractivity contribution in [3.05, 3.63) is 18.5 Å². The van der Waals surface area contributed by atoms with E-state index in [-0.39, 0.29) is 18.8 Å². The fourth-order valence-electron chi connectivity index (χ4n) is 2.83. The molecule has 1 aliphatic carbocycles. The van der Waals surface area contributed by atoms with E-state index in [0.29, 0.717) is 18.5 Å². The summed E-state index contributed by atoms with van der Waals surface area (Å²) in [5, 5.41) is 0. The molecule has 1 saturated carbocycles. The summed E-state index contributed by atoms with van der Waals surface area (Å²) in [6.07, 6.45) is 3.31. The average Bonchev–Trinajstić information content (AvgIpc) is 2.51. The molecular formula is C14H20F2N6. The Kier molecular flexibility index (Phi) is 4.08. The first-order chi connectivity index (χ1) is 10.5. The van der Waals surface area contributed by atoms with Crippen molar-refractivity contribution in [1.29, 1.82) is 0 Å². The lowest BCUT2D eigenvalue weighted by atomic mass is 9.81. The Morgan fingerprint density at radius 3 is 2.45 bits per heavy atom. The SMILES string of the molecule is NC(=NCC1CC(F)(F)C1)N1CCN(c2ncccn2)CC1. The van der Waals surface area contributed by atoms with Crippen molar-refractivity contribution in [2.45, 2.75) is 18.8 Å². The number of hydrogen-bond donors (Lipinski definition) is 1. The minimum absolute atomic E-state index is 0.0347. The molecule has 2 aliphatic rings. The van der Waals surface area contributed by atoms with Crippen LogP contribution in [0.15, 0.2) is 23.5 Å². The highest BCUT2D eigenvalue weighted by Gasteiger charge is 2.44. The number of rotatable bonds is 3. The standard InChI is InChI=1S/C14H20F2N6/c15-14(16)8-11(9-14)10-20-12(17)21-4-6-22(7-5-21)13-18-2-1-3-19-13/h1-3,11H,4-10H2,(H2,17,20). The Balaban J connectivity index is 1.46. The van der Waals surface area contributed by atoms with Crippen LogP contribution in [0, 0.1) is 5.92 Å². The summed E-state index contributed by atoms with van der Waals surface area (Å²) in [5.41, 5.74) is 5.97. The summed E-state index contributed by atoms with van der Waals surface area (Å²) in [4.78, 5) is 16.8. The topological polar surface area (TPSA) is 70.6 Å². The summed E-state index contributed by atoms with van der Waals surface area (Å²) in [5.74, 6) is -1.36. The molecule has 0 bridgehead atoms. The molecule has 8 heteroatoms. The Labute approximate surface area is 128 Å². The minimum atomic E-state index is -2.49. The van der Waals surface area contributed by atoms with Crippen LogP contribution in [0.3, 0.4) is 0 Å². The Morgan fingerprint density at radius 1 is 1.23 bits per heavy atom. The summed E-state index contributed by atoms with van der Waals surface area (Å²) in [6.45, 7) is 3.38. The highest BCUT2D eigenvalue weighted by molar-refractivity contribution is 5.78. The van der Waals surface area contributed by atoms with Crippen LogP contribution < -0.4 is 10.6 Å². The van der Waals surface area contributed by atoms with Gasteiger partial charge in [0.25, 0.3) is 0 Å². The van der Waals surface area contributed by atoms with Crippen LogP contribution in [0.1, 0.15) is 12.8 Å². The second kappa shape index (κ2) is 6.02. The average molecular weight is 310 g/mol. The molecule has 1 saturated heterocycles. The maximum absolute atomic E-state index is 12.8. The third-order valence-electron chi connectivity index (χ3n) is 4.12. The smallest absolute Gasteiger partial charge is 0.248 e. The molecule has 2 N–H and O–H groups in total. The van der Waals surface area contributed by atoms with Gasteiger partial charge < -0.3 is 15.5 Å². The summed E-state index contributed by atoms with van der Waals surface area (Å²) in [7, 11) is 0. The van der Waals surface area contributed by atoms with Crippen LogP contribution in [0.4, 0.5) is 14.7 Å². The zero-order valence-corrected chi connectivity index (χ0v) is 12.3. The molecule has 0 spiro atoms. The number of nitrogens with zero attached hydrogens (tertiary/aromatic N) is 5. The van der Waals surface area contributed by atoms with Gasteiger partial charge in [0.05, 0.1) is 0 Å². The van der Waals surface area contributed by atoms with Crippen molar-refractivity contribution in [3.63, 3.8) is 0 Å². The molecule has 22 heavy (non-hydrogen) atoms. The van der Waals surface area contributed by atoms with E-state index >= 15 is 0 Å². The zero-order valence-electron chi connectivity index (χ0n) is 12.3. The van der Waals surface area contributed by atoms with Crippen molar-refractivity contribution in [2.24, 2.45) is 16.6 Å². The summed E-state index contributed by atoms with van der Waals surface area (Å²) in [6, 6.07) is 1.79. The summed E-state index contributed by atoms with van der Waals surface area (Å²) >= 11 is 0. The van der Waals surface area contributed by atoms with Crippen molar-refractivity contribution in [1.82, 2.24) is 14.9 Å². The number of halogens is 2. The van der Waals surface area contributed by atoms with Gasteiger partial charge in [-0.15, -0.1) is 0 Å². The van der Waals surface area contributed by atoms with E-state index < -0.39 is 5.92 Å². The first-order valence-corrected chi connectivity index (χ1v) is 7.48. The molecule has 0 amide bonds. The van der Waals surface area contributed by atoms with Gasteiger partial charge in [-0.3, -0.25) is 4.99 Å². The van der Waals surface area contributed by atoms with Crippen LogP contribution in [-0.4, -0.2) is 59.5 Å². The number of anilines is 1. The maximum Gasteiger partial charge on any atom is 0.248 e. The Bertz CT molecular complexity index is 519. The van der Waals surface area contributed by atoms with E-state index in [1.54, 1.807) is 18.5 Å². The molecule has 0 radical (unpaired) electrons. The van der Waals surface area contributed by atoms with Crippen molar-refractivity contribution in [3.8, 4) is 0 Å². The molecule has 1 aliphatic heterocycles. The number of piperazine rings is 1. The number of guanidine groups is 1. The Hall–Kier alpha value is -1.99. The molecule has 120 valence electrons. The van der Waals surface area contributed by atoms with Gasteiger partial charge in [0.2, 0.25) is 11.9 Å². The molecule has 3 rings (SSSR count). The predicted octanol–water partition coefficient (Wildman–Crippen LogP) is 0.959. The number of hydrogen-bond acceptors (Lipinski definition) is 4. The minimum Gasteiger partial charge on any atom is -0.370 e. The third-order valence-corrected chi connectivity index (χ3v) is 4.12. The fraction of sp³-hybridized carbons (Fsp3) is 0.643. The molecule has 6 nitrogen and oxygen atoms in total. The van der Waals surface area contributed by atoms with Gasteiger partial charge in [0, 0.05) is 58.0 Å². The molecule has 2 heterocycles. The molecule has 1 aromatic heterocycles. The molecule has 0 atom stereocenters. The van der Waals surface area contributed by atoms with Gasteiger partial charge in [-0.1, -0.05) is 0 Å². The van der Waals surface area contributed by atoms with Crippen molar-refractivity contribution >= 4 is 11.9 Å². The van der Waals surface area contributed by atoms with Gasteiger partial charge in [0.1, 0.15) is 0 Å². The summed E-state index contributed by atoms with van der Waals surface area (Å²) < 4.78 is 25.5. The van der Waals surface area contributed by atoms with E-state index in [4.69, 9.17) is 5.73 Å². The molecule has 2 fully saturated rings. The van der Waals surface area contributed by atoms with Crippen LogP contribution in [0.5, 0.6) is 0 Å². The highest BCUT2D eigenvalue weighted by Crippen LogP contribution is 2.42. The second-order valence-corrected chi connectivity index (χ2v) is 5.85. The van der Waals surface area contributed by atoms with Gasteiger partial charge in [-0.2, -0.15) is 0 Å². The lowest BCUT2D eigenvalue weighted by Crippen LogP contribution is -2.51. The number of aliphatic imine (C=N–C) groups is 1. The maximum atomic E-state index is 12.8. The quantitative estimate of drug-likeness (QED) is 0.665. The monoisotopic (exact) mass is 310 g/mol. The fourth-order valence-corrected chi connectivity index (χ4v) is 2.83. The van der Waals surface area contributed by atoms with Gasteiger partial charge in [-0.05, 0) is 12.0 Å². The molecule has 0 unspecified atom stereocenters. The normalized spacial score (nSPS) is 22.5. The lowest BCUT2D eigenvalue weighted by Gasteiger charge is -2.36. The number of alkyl halides is 2. The first kappa shape index (κ1) is 14.9. The van der Waals surface area contributed by atoms with Crippen molar-refractivity contribution < 1.29 is 8.78 Å². The van der Waals surface area contributed by atoms with E-state index in [0.717, 1.165) is 26.2 Å². The van der Waals surface area contributed by atoms with Crippen LogP contribution in [-0.2, 0) is 0 Å². The number of aromatic nitrogens is 2. The van der Waals surface area contributed by atoms with E-state index in [2.05, 4.69) is 19.9 Å². The van der Waals surface area contributed by atoms with Crippen LogP contribution >= 0.6 is 0 Å². The molecular weight excluding hydrogens is 290 g/mol. The highest BCUT2D eigenvalue weighted by atomic mass is 19.3. The van der Waals surface area contributed by atoms with Crippen molar-refractivity contribution in [2.75, 3.05) is 37.6 Å². The van der Waals surface area contributed by atoms with Gasteiger partial charge in [-0.25, -0.2) is 18.7 Å². The molecule has 0 aromatic carbocycles. The first-order valence-electron chi connectivity index (χ1n) is 7.48. The van der Waals surface area contributed by atoms with Crippen LogP contribution in [0.2, 0.25) is 0 Å². The van der Waals surface area contributed by atoms with Gasteiger partial charge >= 0.3 is 0 Å². The number of nitrogens with two attached hydrogens (primary N) is 1. The Morgan fingerprint density at radius 2 is 1.86 bits per heavy atom. The lowest BCUT2D eigenvalue weighted by molar-refractivity contribution is -0.107. The zero-order chi connectivity index (χ0) is 15.6. The predicted molar refractivity (Wildman–Crippen MR) is 80.0 cm³/mol. The van der Waals surface area contributed by atoms with Crippen LogP contribution in [0.25, 0.3) is 0 Å².